The van der Waals surface area contributed by atoms with Crippen LogP contribution in [0.25, 0.3) is 0 Å². The zero-order chi connectivity index (χ0) is 8.69. The highest BCUT2D eigenvalue weighted by molar-refractivity contribution is 6.20. The summed E-state index contributed by atoms with van der Waals surface area (Å²) in [6.45, 7) is 0. The van der Waals surface area contributed by atoms with Gasteiger partial charge in [0.15, 0.2) is 0 Å². The van der Waals surface area contributed by atoms with Crippen molar-refractivity contribution in [1.29, 1.82) is 0 Å². The molecule has 0 saturated carbocycles. The fourth-order valence-corrected chi connectivity index (χ4v) is 0.459. The van der Waals surface area contributed by atoms with Crippen LogP contribution >= 0.6 is 11.6 Å². The zero-order valence-corrected chi connectivity index (χ0v) is 6.32. The van der Waals surface area contributed by atoms with Gasteiger partial charge in [0, 0.05) is 6.08 Å². The van der Waals surface area contributed by atoms with Crippen molar-refractivity contribution < 1.29 is 15.1 Å². The van der Waals surface area contributed by atoms with Crippen molar-refractivity contribution in [3.8, 4) is 0 Å². The van der Waals surface area contributed by atoms with Crippen molar-refractivity contribution in [3.05, 3.63) is 23.9 Å². The number of hydrogen-bond donors (Lipinski definition) is 3. The van der Waals surface area contributed by atoms with Gasteiger partial charge < -0.3 is 5.11 Å². The number of aliphatic hydroxyl groups is 1. The molecule has 0 aromatic carbocycles. The highest BCUT2D eigenvalue weighted by atomic mass is 35.5. The maximum atomic E-state index is 9.86. The van der Waals surface area contributed by atoms with Crippen LogP contribution in [0.15, 0.2) is 23.9 Å². The molecule has 0 aliphatic heterocycles. The minimum absolute atomic E-state index is 0.153. The van der Waals surface area contributed by atoms with Crippen molar-refractivity contribution in [2.45, 2.75) is 5.56 Å². The standard InChI is InChI=1S/C6H8ClNO3/c7-6(10)2-1-5(8-11)3-4-9/h1-4,6,8,10-11H/b2-1+,5-3+. The second-order valence-corrected chi connectivity index (χ2v) is 2.05. The third-order valence-electron chi connectivity index (χ3n) is 0.811. The van der Waals surface area contributed by atoms with Gasteiger partial charge in [-0.25, -0.2) is 0 Å². The molecule has 0 aliphatic rings. The summed E-state index contributed by atoms with van der Waals surface area (Å²) in [6.07, 6.45) is 4.03. The molecule has 0 fully saturated rings. The number of alkyl halides is 1. The van der Waals surface area contributed by atoms with E-state index in [9.17, 15) is 4.79 Å². The molecule has 0 aromatic heterocycles. The molecule has 4 nitrogen and oxygen atoms in total. The molecule has 5 heteroatoms. The molecular formula is C6H8ClNO3. The Balaban J connectivity index is 4.07. The van der Waals surface area contributed by atoms with Crippen LogP contribution in [0.3, 0.4) is 0 Å². The summed E-state index contributed by atoms with van der Waals surface area (Å²) >= 11 is 5.12. The van der Waals surface area contributed by atoms with E-state index in [0.29, 0.717) is 6.29 Å². The quantitative estimate of drug-likeness (QED) is 0.188. The van der Waals surface area contributed by atoms with Crippen LogP contribution in [-0.4, -0.2) is 22.2 Å². The fourth-order valence-electron chi connectivity index (χ4n) is 0.386. The van der Waals surface area contributed by atoms with E-state index >= 15 is 0 Å². The van der Waals surface area contributed by atoms with Gasteiger partial charge in [-0.1, -0.05) is 11.6 Å². The minimum atomic E-state index is -1.13. The number of nitrogens with one attached hydrogen (secondary N) is 1. The van der Waals surface area contributed by atoms with Gasteiger partial charge in [-0.15, -0.1) is 0 Å². The van der Waals surface area contributed by atoms with Crippen molar-refractivity contribution >= 4 is 17.9 Å². The monoisotopic (exact) mass is 177 g/mol. The molecule has 1 atom stereocenters. The van der Waals surface area contributed by atoms with Crippen molar-refractivity contribution in [1.82, 2.24) is 5.48 Å². The number of aldehydes is 1. The first-order valence-electron chi connectivity index (χ1n) is 2.76. The molecule has 0 saturated heterocycles. The lowest BCUT2D eigenvalue weighted by molar-refractivity contribution is -0.104. The normalized spacial score (nSPS) is 15.0. The first-order chi connectivity index (χ1) is 5.20. The lowest BCUT2D eigenvalue weighted by Gasteiger charge is -1.96. The van der Waals surface area contributed by atoms with Crippen molar-refractivity contribution in [3.63, 3.8) is 0 Å². The molecule has 3 N–H and O–H groups in total. The molecule has 0 amide bonds. The van der Waals surface area contributed by atoms with Gasteiger partial charge >= 0.3 is 0 Å². The van der Waals surface area contributed by atoms with Crippen LogP contribution in [0.4, 0.5) is 0 Å². The lowest BCUT2D eigenvalue weighted by atomic mass is 10.4. The van der Waals surface area contributed by atoms with E-state index in [1.54, 1.807) is 5.48 Å². The maximum Gasteiger partial charge on any atom is 0.147 e. The lowest BCUT2D eigenvalue weighted by Crippen LogP contribution is -2.05. The Hall–Kier alpha value is -0.840. The van der Waals surface area contributed by atoms with Gasteiger partial charge in [-0.05, 0) is 12.2 Å². The molecular weight excluding hydrogens is 170 g/mol. The van der Waals surface area contributed by atoms with E-state index in [1.165, 1.54) is 12.2 Å². The van der Waals surface area contributed by atoms with Crippen LogP contribution in [0.2, 0.25) is 0 Å². The Morgan fingerprint density at radius 3 is 2.64 bits per heavy atom. The van der Waals surface area contributed by atoms with Crippen molar-refractivity contribution in [2.24, 2.45) is 0 Å². The number of hydrogen-bond acceptors (Lipinski definition) is 4. The highest BCUT2D eigenvalue weighted by Crippen LogP contribution is 1.95. The number of aliphatic hydroxyl groups excluding tert-OH is 1. The Morgan fingerprint density at radius 1 is 1.64 bits per heavy atom. The number of carbonyl (C=O) groups is 1. The van der Waals surface area contributed by atoms with Crippen LogP contribution in [-0.2, 0) is 4.79 Å². The molecule has 0 rings (SSSR count). The Morgan fingerprint density at radius 2 is 2.27 bits per heavy atom. The highest BCUT2D eigenvalue weighted by Gasteiger charge is 1.90. The second-order valence-electron chi connectivity index (χ2n) is 1.60. The van der Waals surface area contributed by atoms with Gasteiger partial charge in [0.1, 0.15) is 11.8 Å². The van der Waals surface area contributed by atoms with Gasteiger partial charge in [0.2, 0.25) is 0 Å². The van der Waals surface area contributed by atoms with Crippen molar-refractivity contribution in [2.75, 3.05) is 0 Å². The smallest absolute Gasteiger partial charge is 0.147 e. The predicted molar refractivity (Wildman–Crippen MR) is 40.1 cm³/mol. The van der Waals surface area contributed by atoms with Crippen LogP contribution in [0, 0.1) is 0 Å². The van der Waals surface area contributed by atoms with Crippen LogP contribution in [0.5, 0.6) is 0 Å². The molecule has 0 radical (unpaired) electrons. The minimum Gasteiger partial charge on any atom is -0.374 e. The Labute approximate surface area is 68.7 Å². The topological polar surface area (TPSA) is 69.6 Å². The summed E-state index contributed by atoms with van der Waals surface area (Å²) in [7, 11) is 0. The molecule has 1 unspecified atom stereocenters. The average molecular weight is 178 g/mol. The zero-order valence-electron chi connectivity index (χ0n) is 5.57. The van der Waals surface area contributed by atoms with E-state index in [4.69, 9.17) is 21.9 Å². The molecule has 0 aromatic rings. The average Bonchev–Trinajstić information content (AvgIpc) is 1.97. The van der Waals surface area contributed by atoms with Gasteiger partial charge in [-0.2, -0.15) is 0 Å². The van der Waals surface area contributed by atoms with Crippen LogP contribution in [0.1, 0.15) is 0 Å². The second kappa shape index (κ2) is 5.91. The number of hydroxylamine groups is 1. The summed E-state index contributed by atoms with van der Waals surface area (Å²) < 4.78 is 0. The van der Waals surface area contributed by atoms with E-state index in [0.717, 1.165) is 6.08 Å². The number of allylic oxidation sites excluding steroid dienone is 2. The fraction of sp³-hybridized carbons (Fsp3) is 0.167. The summed E-state index contributed by atoms with van der Waals surface area (Å²) in [6, 6.07) is 0. The maximum absolute atomic E-state index is 9.86. The van der Waals surface area contributed by atoms with E-state index in [-0.39, 0.29) is 5.70 Å². The van der Waals surface area contributed by atoms with Gasteiger partial charge in [-0.3, -0.25) is 15.5 Å². The Kier molecular flexibility index (Phi) is 5.46. The molecule has 0 heterocycles. The summed E-state index contributed by atoms with van der Waals surface area (Å²) in [5.74, 6) is 0. The first-order valence-corrected chi connectivity index (χ1v) is 3.20. The molecule has 11 heavy (non-hydrogen) atoms. The number of rotatable bonds is 4. The van der Waals surface area contributed by atoms with E-state index in [2.05, 4.69) is 0 Å². The SMILES string of the molecule is O=C/C=C(\C=C\C(O)Cl)NO. The van der Waals surface area contributed by atoms with E-state index in [1.807, 2.05) is 0 Å². The number of halogens is 1. The predicted octanol–water partition coefficient (Wildman–Crippen LogP) is 0.161. The van der Waals surface area contributed by atoms with Crippen LogP contribution < -0.4 is 5.48 Å². The Bertz CT molecular complexity index is 177. The third-order valence-corrected chi connectivity index (χ3v) is 0.957. The summed E-state index contributed by atoms with van der Waals surface area (Å²) in [4.78, 5) is 9.86. The molecule has 62 valence electrons. The van der Waals surface area contributed by atoms with Gasteiger partial charge in [0.05, 0.1) is 5.70 Å². The number of carbonyl (C=O) groups excluding carboxylic acids is 1. The molecule has 0 bridgehead atoms. The van der Waals surface area contributed by atoms with Gasteiger partial charge in [0.25, 0.3) is 0 Å². The molecule has 0 aliphatic carbocycles. The first kappa shape index (κ1) is 10.2. The summed E-state index contributed by atoms with van der Waals surface area (Å²) in [5.41, 5.74) is 0.758. The third kappa shape index (κ3) is 5.60. The largest absolute Gasteiger partial charge is 0.374 e. The van der Waals surface area contributed by atoms with E-state index < -0.39 is 5.56 Å². The molecule has 0 spiro atoms. The summed E-state index contributed by atoms with van der Waals surface area (Å²) in [5, 5.41) is 16.8.